The van der Waals surface area contributed by atoms with E-state index in [2.05, 4.69) is 160 Å². The first-order valence-electron chi connectivity index (χ1n) is 17.1. The second kappa shape index (κ2) is 14.2. The number of nitrogens with zero attached hydrogens (tertiary/aromatic N) is 2. The molecular weight excluding hydrogens is 605 g/mol. The molecule has 50 heavy (non-hydrogen) atoms. The number of aromatic nitrogens is 2. The van der Waals surface area contributed by atoms with E-state index < -0.39 is 0 Å². The molecule has 2 heteroatoms. The first kappa shape index (κ1) is 32.4. The van der Waals surface area contributed by atoms with E-state index in [1.165, 1.54) is 44.2 Å². The third kappa shape index (κ3) is 6.61. The highest BCUT2D eigenvalue weighted by atomic mass is 14.9. The molecule has 0 aliphatic heterocycles. The summed E-state index contributed by atoms with van der Waals surface area (Å²) in [7, 11) is 0. The molecule has 0 fully saturated rings. The van der Waals surface area contributed by atoms with Gasteiger partial charge in [0.2, 0.25) is 0 Å². The van der Waals surface area contributed by atoms with Crippen LogP contribution < -0.4 is 0 Å². The number of rotatable bonds is 9. The Bertz CT molecular complexity index is 2340. The van der Waals surface area contributed by atoms with Gasteiger partial charge in [0.1, 0.15) is 0 Å². The fraction of sp³-hybridized carbons (Fsp3) is 0.0833. The molecule has 7 rings (SSSR count). The second-order valence-electron chi connectivity index (χ2n) is 13.1. The van der Waals surface area contributed by atoms with Crippen LogP contribution in [0.2, 0.25) is 0 Å². The Kier molecular flexibility index (Phi) is 9.18. The molecular formula is C48H40N2. The average Bonchev–Trinajstić information content (AvgIpc) is 3.18. The van der Waals surface area contributed by atoms with Gasteiger partial charge in [-0.25, -0.2) is 9.97 Å². The van der Waals surface area contributed by atoms with Gasteiger partial charge < -0.3 is 0 Å². The van der Waals surface area contributed by atoms with E-state index in [9.17, 15) is 0 Å². The van der Waals surface area contributed by atoms with Crippen LogP contribution in [0.5, 0.6) is 0 Å². The standard InChI is InChI=1S/C48H40N2/c1-5-14-36(15-6-2)45-33-46(37-17-8-7-9-18-37)50-47(49-45)38-26-30-42(31-27-38)48(3,4)41-28-24-34(25-29-41)39-20-12-21-40(32-39)44-23-13-19-35-16-10-11-22-43(35)44/h5-33H,1H2,2-4H3/b15-6-,36-14+. The van der Waals surface area contributed by atoms with Crippen LogP contribution in [0.25, 0.3) is 61.2 Å². The maximum atomic E-state index is 5.02. The Labute approximate surface area is 295 Å². The predicted octanol–water partition coefficient (Wildman–Crippen LogP) is 12.8. The van der Waals surface area contributed by atoms with Gasteiger partial charge in [0.05, 0.1) is 11.4 Å². The van der Waals surface area contributed by atoms with Crippen molar-refractivity contribution in [2.24, 2.45) is 0 Å². The summed E-state index contributed by atoms with van der Waals surface area (Å²) in [4.78, 5) is 10.0. The van der Waals surface area contributed by atoms with Crippen molar-refractivity contribution in [3.63, 3.8) is 0 Å². The Hall–Kier alpha value is -6.12. The Morgan fingerprint density at radius 2 is 1.20 bits per heavy atom. The molecule has 0 saturated heterocycles. The predicted molar refractivity (Wildman–Crippen MR) is 213 cm³/mol. The SMILES string of the molecule is C=C/C=C(\C=C/C)c1cc(-c2ccccc2)nc(-c2ccc(C(C)(C)c3ccc(-c4cccc(-c5cccc6ccccc56)c4)cc3)cc2)n1. The molecule has 0 radical (unpaired) electrons. The first-order chi connectivity index (χ1) is 24.4. The van der Waals surface area contributed by atoms with Crippen molar-refractivity contribution in [2.75, 3.05) is 0 Å². The minimum absolute atomic E-state index is 0.203. The summed E-state index contributed by atoms with van der Waals surface area (Å²) in [6.07, 6.45) is 7.86. The molecule has 0 saturated carbocycles. The minimum Gasteiger partial charge on any atom is -0.228 e. The molecule has 242 valence electrons. The lowest BCUT2D eigenvalue weighted by molar-refractivity contribution is 0.641. The van der Waals surface area contributed by atoms with Gasteiger partial charge in [-0.2, -0.15) is 0 Å². The molecule has 0 spiro atoms. The van der Waals surface area contributed by atoms with Gasteiger partial charge in [0, 0.05) is 16.5 Å². The van der Waals surface area contributed by atoms with Crippen molar-refractivity contribution in [3.8, 4) is 44.9 Å². The summed E-state index contributed by atoms with van der Waals surface area (Å²) in [5.74, 6) is 0.695. The van der Waals surface area contributed by atoms with Crippen LogP contribution in [-0.4, -0.2) is 9.97 Å². The quantitative estimate of drug-likeness (QED) is 0.146. The largest absolute Gasteiger partial charge is 0.228 e. The lowest BCUT2D eigenvalue weighted by atomic mass is 9.77. The lowest BCUT2D eigenvalue weighted by Gasteiger charge is -2.26. The Balaban J connectivity index is 1.17. The number of allylic oxidation sites excluding steroid dienone is 5. The smallest absolute Gasteiger partial charge is 0.160 e. The van der Waals surface area contributed by atoms with Crippen molar-refractivity contribution in [3.05, 3.63) is 199 Å². The molecule has 1 heterocycles. The van der Waals surface area contributed by atoms with Crippen molar-refractivity contribution in [1.82, 2.24) is 9.97 Å². The van der Waals surface area contributed by atoms with Gasteiger partial charge in [-0.3, -0.25) is 0 Å². The summed E-state index contributed by atoms with van der Waals surface area (Å²) >= 11 is 0. The van der Waals surface area contributed by atoms with E-state index in [1.807, 2.05) is 37.3 Å². The van der Waals surface area contributed by atoms with Crippen molar-refractivity contribution < 1.29 is 0 Å². The van der Waals surface area contributed by atoms with Crippen LogP contribution >= 0.6 is 0 Å². The van der Waals surface area contributed by atoms with Crippen LogP contribution in [0.1, 0.15) is 37.6 Å². The van der Waals surface area contributed by atoms with Crippen LogP contribution in [-0.2, 0) is 5.41 Å². The summed E-state index contributed by atoms with van der Waals surface area (Å²) in [5.41, 5.74) is 11.9. The zero-order valence-corrected chi connectivity index (χ0v) is 28.8. The molecule has 0 aliphatic rings. The van der Waals surface area contributed by atoms with Crippen molar-refractivity contribution in [1.29, 1.82) is 0 Å². The first-order valence-corrected chi connectivity index (χ1v) is 17.1. The third-order valence-electron chi connectivity index (χ3n) is 9.50. The summed E-state index contributed by atoms with van der Waals surface area (Å²) < 4.78 is 0. The average molecular weight is 645 g/mol. The fourth-order valence-corrected chi connectivity index (χ4v) is 6.64. The highest BCUT2D eigenvalue weighted by Crippen LogP contribution is 2.36. The lowest BCUT2D eigenvalue weighted by Crippen LogP contribution is -2.18. The molecule has 1 aromatic heterocycles. The molecule has 0 amide bonds. The van der Waals surface area contributed by atoms with E-state index in [1.54, 1.807) is 6.08 Å². The fourth-order valence-electron chi connectivity index (χ4n) is 6.64. The summed E-state index contributed by atoms with van der Waals surface area (Å²) in [6, 6.07) is 54.0. The second-order valence-corrected chi connectivity index (χ2v) is 13.1. The molecule has 2 nitrogen and oxygen atoms in total. The highest BCUT2D eigenvalue weighted by molar-refractivity contribution is 5.97. The van der Waals surface area contributed by atoms with Gasteiger partial charge in [0.25, 0.3) is 0 Å². The van der Waals surface area contributed by atoms with Gasteiger partial charge >= 0.3 is 0 Å². The minimum atomic E-state index is -0.203. The highest BCUT2D eigenvalue weighted by Gasteiger charge is 2.23. The topological polar surface area (TPSA) is 25.8 Å². The molecule has 0 atom stereocenters. The zero-order chi connectivity index (χ0) is 34.5. The maximum absolute atomic E-state index is 5.02. The molecule has 0 N–H and O–H groups in total. The summed E-state index contributed by atoms with van der Waals surface area (Å²) in [5, 5.41) is 2.53. The number of hydrogen-bond donors (Lipinski definition) is 0. The molecule has 0 unspecified atom stereocenters. The monoisotopic (exact) mass is 644 g/mol. The van der Waals surface area contributed by atoms with Gasteiger partial charge in [-0.05, 0) is 68.8 Å². The molecule has 0 aliphatic carbocycles. The normalized spacial score (nSPS) is 12.0. The van der Waals surface area contributed by atoms with E-state index in [0.717, 1.165) is 28.1 Å². The maximum Gasteiger partial charge on any atom is 0.160 e. The van der Waals surface area contributed by atoms with Gasteiger partial charge in [-0.1, -0.05) is 184 Å². The number of hydrogen-bond acceptors (Lipinski definition) is 2. The zero-order valence-electron chi connectivity index (χ0n) is 28.8. The van der Waals surface area contributed by atoms with E-state index in [-0.39, 0.29) is 5.41 Å². The van der Waals surface area contributed by atoms with Crippen LogP contribution in [0.15, 0.2) is 183 Å². The third-order valence-corrected chi connectivity index (χ3v) is 9.50. The van der Waals surface area contributed by atoms with E-state index in [0.29, 0.717) is 5.82 Å². The van der Waals surface area contributed by atoms with Crippen LogP contribution in [0.4, 0.5) is 0 Å². The summed E-state index contributed by atoms with van der Waals surface area (Å²) in [6.45, 7) is 10.5. The van der Waals surface area contributed by atoms with E-state index in [4.69, 9.17) is 9.97 Å². The van der Waals surface area contributed by atoms with Crippen molar-refractivity contribution >= 4 is 16.3 Å². The molecule has 6 aromatic carbocycles. The Morgan fingerprint density at radius 3 is 1.92 bits per heavy atom. The van der Waals surface area contributed by atoms with E-state index >= 15 is 0 Å². The molecule has 0 bridgehead atoms. The van der Waals surface area contributed by atoms with Gasteiger partial charge in [0.15, 0.2) is 5.82 Å². The number of fused-ring (bicyclic) bond motifs is 1. The number of benzene rings is 6. The Morgan fingerprint density at radius 1 is 0.580 bits per heavy atom. The van der Waals surface area contributed by atoms with Gasteiger partial charge in [-0.15, -0.1) is 0 Å². The van der Waals surface area contributed by atoms with Crippen LogP contribution in [0.3, 0.4) is 0 Å². The van der Waals surface area contributed by atoms with Crippen molar-refractivity contribution in [2.45, 2.75) is 26.2 Å². The molecule has 7 aromatic rings. The van der Waals surface area contributed by atoms with Crippen LogP contribution in [0, 0.1) is 0 Å².